The fourth-order valence-corrected chi connectivity index (χ4v) is 3.13. The third kappa shape index (κ3) is 3.04. The number of amidine groups is 1. The Balaban J connectivity index is 2.41. The molecule has 5 nitrogen and oxygen atoms in total. The molecule has 3 N–H and O–H groups in total. The molecule has 1 aliphatic heterocycles. The Morgan fingerprint density at radius 1 is 1.35 bits per heavy atom. The maximum atomic E-state index is 7.57. The third-order valence-corrected chi connectivity index (χ3v) is 3.53. The summed E-state index contributed by atoms with van der Waals surface area (Å²) in [5, 5.41) is 7.99. The van der Waals surface area contributed by atoms with Crippen LogP contribution in [0.1, 0.15) is 33.3 Å². The largest absolute Gasteiger partial charge is 0.384 e. The predicted molar refractivity (Wildman–Crippen MR) is 81.7 cm³/mol. The Hall–Kier alpha value is -1.33. The van der Waals surface area contributed by atoms with E-state index in [1.54, 1.807) is 12.3 Å². The molecule has 0 aliphatic carbocycles. The van der Waals surface area contributed by atoms with E-state index in [2.05, 4.69) is 9.88 Å². The van der Waals surface area contributed by atoms with Crippen LogP contribution in [-0.4, -0.2) is 35.1 Å². The van der Waals surface area contributed by atoms with E-state index in [0.717, 1.165) is 0 Å². The van der Waals surface area contributed by atoms with Gasteiger partial charge in [0.1, 0.15) is 11.7 Å². The maximum absolute atomic E-state index is 7.57. The van der Waals surface area contributed by atoms with Crippen molar-refractivity contribution in [2.75, 3.05) is 18.0 Å². The molecule has 0 aromatic carbocycles. The number of ether oxygens (including phenoxy) is 1. The second-order valence-corrected chi connectivity index (χ2v) is 6.77. The van der Waals surface area contributed by atoms with Gasteiger partial charge in [-0.15, -0.1) is 0 Å². The topological polar surface area (TPSA) is 75.2 Å². The van der Waals surface area contributed by atoms with Crippen molar-refractivity contribution in [1.29, 1.82) is 5.41 Å². The van der Waals surface area contributed by atoms with E-state index in [0.29, 0.717) is 29.5 Å². The molecule has 0 saturated carbocycles. The molecule has 20 heavy (non-hydrogen) atoms. The number of nitrogen functional groups attached to an aromatic ring is 1. The highest BCUT2D eigenvalue weighted by Crippen LogP contribution is 2.34. The highest BCUT2D eigenvalue weighted by Gasteiger charge is 2.39. The number of nitrogens with one attached hydrogen (secondary N) is 1. The monoisotopic (exact) mass is 296 g/mol. The molecule has 1 aromatic rings. The third-order valence-electron chi connectivity index (χ3n) is 3.16. The summed E-state index contributed by atoms with van der Waals surface area (Å²) >= 11 is 6.36. The summed E-state index contributed by atoms with van der Waals surface area (Å²) in [6.07, 6.45) is 1.63. The van der Waals surface area contributed by atoms with Crippen molar-refractivity contribution in [2.24, 2.45) is 5.73 Å². The molecule has 0 atom stereocenters. The Morgan fingerprint density at radius 2 is 1.90 bits per heavy atom. The van der Waals surface area contributed by atoms with Crippen molar-refractivity contribution in [2.45, 2.75) is 38.9 Å². The number of halogens is 1. The minimum atomic E-state index is -0.293. The Kier molecular flexibility index (Phi) is 3.69. The second kappa shape index (κ2) is 4.90. The number of pyridine rings is 1. The van der Waals surface area contributed by atoms with Crippen LogP contribution in [0.25, 0.3) is 0 Å². The van der Waals surface area contributed by atoms with Crippen LogP contribution in [0, 0.1) is 5.41 Å². The molecule has 6 heteroatoms. The molecule has 0 unspecified atom stereocenters. The number of anilines is 1. The number of aromatic nitrogens is 1. The zero-order valence-electron chi connectivity index (χ0n) is 12.3. The van der Waals surface area contributed by atoms with Gasteiger partial charge in [-0.2, -0.15) is 0 Å². The van der Waals surface area contributed by atoms with Gasteiger partial charge in [0, 0.05) is 24.8 Å². The lowest BCUT2D eigenvalue weighted by atomic mass is 9.99. The molecule has 0 bridgehead atoms. The molecule has 1 aromatic heterocycles. The Labute approximate surface area is 124 Å². The van der Waals surface area contributed by atoms with Crippen molar-refractivity contribution in [1.82, 2.24) is 4.98 Å². The van der Waals surface area contributed by atoms with Crippen molar-refractivity contribution in [3.8, 4) is 0 Å². The first-order valence-corrected chi connectivity index (χ1v) is 6.93. The highest BCUT2D eigenvalue weighted by molar-refractivity contribution is 6.36. The van der Waals surface area contributed by atoms with Crippen LogP contribution < -0.4 is 10.6 Å². The van der Waals surface area contributed by atoms with Crippen LogP contribution in [0.4, 0.5) is 5.82 Å². The summed E-state index contributed by atoms with van der Waals surface area (Å²) in [6.45, 7) is 9.55. The van der Waals surface area contributed by atoms with E-state index in [9.17, 15) is 0 Å². The molecule has 0 amide bonds. The van der Waals surface area contributed by atoms with Crippen LogP contribution in [0.15, 0.2) is 12.3 Å². The maximum Gasteiger partial charge on any atom is 0.148 e. The standard InChI is InChI=1S/C14H21ClN4O/c1-13(2)7-19(8-14(3,4)20-13)12-10(15)9(11(16)17)5-6-18-12/h5-6H,7-8H2,1-4H3,(H3,16,17). The van der Waals surface area contributed by atoms with Gasteiger partial charge in [-0.05, 0) is 33.8 Å². The molecule has 110 valence electrons. The lowest BCUT2D eigenvalue weighted by molar-refractivity contribution is -0.133. The van der Waals surface area contributed by atoms with E-state index in [1.165, 1.54) is 0 Å². The van der Waals surface area contributed by atoms with E-state index >= 15 is 0 Å². The summed E-state index contributed by atoms with van der Waals surface area (Å²) in [5.41, 5.74) is 5.47. The van der Waals surface area contributed by atoms with Gasteiger partial charge in [0.2, 0.25) is 0 Å². The molecule has 1 aliphatic rings. The first kappa shape index (κ1) is 15.1. The number of nitrogens with zero attached hydrogens (tertiary/aromatic N) is 2. The molecule has 2 heterocycles. The lowest BCUT2D eigenvalue weighted by Crippen LogP contribution is -2.57. The normalized spacial score (nSPS) is 20.8. The fourth-order valence-electron chi connectivity index (χ4n) is 2.80. The van der Waals surface area contributed by atoms with Crippen LogP contribution in [0.3, 0.4) is 0 Å². The van der Waals surface area contributed by atoms with Gasteiger partial charge in [0.25, 0.3) is 0 Å². The molecule has 1 fully saturated rings. The van der Waals surface area contributed by atoms with E-state index in [4.69, 9.17) is 27.5 Å². The Bertz CT molecular complexity index is 526. The van der Waals surface area contributed by atoms with Crippen molar-refractivity contribution >= 4 is 23.3 Å². The van der Waals surface area contributed by atoms with Gasteiger partial charge in [-0.3, -0.25) is 5.41 Å². The van der Waals surface area contributed by atoms with Gasteiger partial charge >= 0.3 is 0 Å². The summed E-state index contributed by atoms with van der Waals surface area (Å²) in [7, 11) is 0. The van der Waals surface area contributed by atoms with Gasteiger partial charge < -0.3 is 15.4 Å². The molecular weight excluding hydrogens is 276 g/mol. The summed E-state index contributed by atoms with van der Waals surface area (Å²) in [5.74, 6) is 0.606. The predicted octanol–water partition coefficient (Wildman–Crippen LogP) is 2.41. The first-order valence-electron chi connectivity index (χ1n) is 6.55. The number of nitrogens with two attached hydrogens (primary N) is 1. The first-order chi connectivity index (χ1) is 9.11. The quantitative estimate of drug-likeness (QED) is 0.649. The van der Waals surface area contributed by atoms with Crippen LogP contribution in [-0.2, 0) is 4.74 Å². The minimum Gasteiger partial charge on any atom is -0.384 e. The summed E-state index contributed by atoms with van der Waals surface area (Å²) in [4.78, 5) is 6.46. The van der Waals surface area contributed by atoms with E-state index < -0.39 is 0 Å². The van der Waals surface area contributed by atoms with Gasteiger partial charge in [0.15, 0.2) is 0 Å². The number of rotatable bonds is 2. The fraction of sp³-hybridized carbons (Fsp3) is 0.571. The molecule has 0 radical (unpaired) electrons. The average Bonchev–Trinajstić information content (AvgIpc) is 2.24. The smallest absolute Gasteiger partial charge is 0.148 e. The lowest BCUT2D eigenvalue weighted by Gasteiger charge is -2.47. The average molecular weight is 297 g/mol. The zero-order valence-corrected chi connectivity index (χ0v) is 13.1. The molecule has 1 saturated heterocycles. The van der Waals surface area contributed by atoms with Crippen molar-refractivity contribution < 1.29 is 4.74 Å². The van der Waals surface area contributed by atoms with Crippen molar-refractivity contribution in [3.63, 3.8) is 0 Å². The number of morpholine rings is 1. The molecule has 0 spiro atoms. The van der Waals surface area contributed by atoms with E-state index in [-0.39, 0.29) is 17.0 Å². The van der Waals surface area contributed by atoms with E-state index in [1.807, 2.05) is 27.7 Å². The number of hydrogen-bond donors (Lipinski definition) is 2. The highest BCUT2D eigenvalue weighted by atomic mass is 35.5. The van der Waals surface area contributed by atoms with Crippen LogP contribution >= 0.6 is 11.6 Å². The van der Waals surface area contributed by atoms with Crippen LogP contribution in [0.2, 0.25) is 5.02 Å². The van der Waals surface area contributed by atoms with Gasteiger partial charge in [-0.25, -0.2) is 4.98 Å². The van der Waals surface area contributed by atoms with Gasteiger partial charge in [-0.1, -0.05) is 11.6 Å². The second-order valence-electron chi connectivity index (χ2n) is 6.39. The summed E-state index contributed by atoms with van der Waals surface area (Å²) < 4.78 is 6.05. The van der Waals surface area contributed by atoms with Crippen LogP contribution in [0.5, 0.6) is 0 Å². The zero-order chi connectivity index (χ0) is 15.1. The minimum absolute atomic E-state index is 0.0505. The number of hydrogen-bond acceptors (Lipinski definition) is 4. The molecule has 2 rings (SSSR count). The van der Waals surface area contributed by atoms with Crippen molar-refractivity contribution in [3.05, 3.63) is 22.8 Å². The molecular formula is C14H21ClN4O. The van der Waals surface area contributed by atoms with Gasteiger partial charge in [0.05, 0.1) is 16.2 Å². The Morgan fingerprint density at radius 3 is 2.40 bits per heavy atom. The SMILES string of the molecule is CC1(C)CN(c2nccc(C(=N)N)c2Cl)CC(C)(C)O1. The summed E-state index contributed by atoms with van der Waals surface area (Å²) in [6, 6.07) is 1.66.